The van der Waals surface area contributed by atoms with Gasteiger partial charge in [-0.1, -0.05) is 52.2 Å². The monoisotopic (exact) mass is 450 g/mol. The van der Waals surface area contributed by atoms with Crippen molar-refractivity contribution in [3.05, 3.63) is 58.2 Å². The number of carbonyl (C=O) groups excluding carboxylic acids is 1. The number of carbonyl (C=O) groups is 1. The Morgan fingerprint density at radius 3 is 1.45 bits per heavy atom. The molecule has 1 amide bonds. The van der Waals surface area contributed by atoms with Crippen LogP contribution in [0.15, 0.2) is 58.2 Å². The molecule has 4 heteroatoms. The van der Waals surface area contributed by atoms with Crippen LogP contribution < -0.4 is 11.1 Å². The summed E-state index contributed by atoms with van der Waals surface area (Å²) in [7, 11) is 0. The van der Waals surface area contributed by atoms with Crippen molar-refractivity contribution < 1.29 is 4.79 Å². The van der Waals surface area contributed by atoms with Gasteiger partial charge in [0.05, 0.1) is 0 Å². The van der Waals surface area contributed by atoms with Crippen LogP contribution in [0.1, 0.15) is 92.9 Å². The lowest BCUT2D eigenvalue weighted by Crippen LogP contribution is -2.27. The lowest BCUT2D eigenvalue weighted by atomic mass is 10.0. The Morgan fingerprint density at radius 1 is 0.677 bits per heavy atom. The van der Waals surface area contributed by atoms with E-state index in [9.17, 15) is 4.79 Å². The molecule has 31 heavy (non-hydrogen) atoms. The van der Waals surface area contributed by atoms with E-state index in [1.54, 1.807) is 6.08 Å². The maximum atomic E-state index is 11.6. The fourth-order valence-electron chi connectivity index (χ4n) is 3.08. The number of allylic oxidation sites excluding steroid dienone is 9. The summed E-state index contributed by atoms with van der Waals surface area (Å²) < 4.78 is 0. The summed E-state index contributed by atoms with van der Waals surface area (Å²) in [6, 6.07) is 0. The molecule has 0 aliphatic heterocycles. The van der Waals surface area contributed by atoms with E-state index >= 15 is 0 Å². The second-order valence-electron chi connectivity index (χ2n) is 8.66. The molecule has 0 radical (unpaired) electrons. The first-order valence-electron chi connectivity index (χ1n) is 11.5. The molecule has 0 spiro atoms. The number of nitrogens with one attached hydrogen (secondary N) is 1. The highest BCUT2D eigenvalue weighted by molar-refractivity contribution is 5.88. The normalized spacial score (nSPS) is 13.0. The predicted molar refractivity (Wildman–Crippen MR) is 141 cm³/mol. The molecule has 3 nitrogen and oxygen atoms in total. The van der Waals surface area contributed by atoms with Gasteiger partial charge in [0, 0.05) is 19.2 Å². The minimum atomic E-state index is -0.0443. The van der Waals surface area contributed by atoms with Crippen LogP contribution in [-0.2, 0) is 4.79 Å². The number of amides is 1. The van der Waals surface area contributed by atoms with Crippen LogP contribution in [0.25, 0.3) is 0 Å². The van der Waals surface area contributed by atoms with E-state index < -0.39 is 0 Å². The fourth-order valence-corrected chi connectivity index (χ4v) is 3.08. The summed E-state index contributed by atoms with van der Waals surface area (Å²) in [5.41, 5.74) is 12.3. The van der Waals surface area contributed by atoms with E-state index in [1.165, 1.54) is 28.7 Å². The van der Waals surface area contributed by atoms with Gasteiger partial charge in [-0.2, -0.15) is 0 Å². The van der Waals surface area contributed by atoms with Gasteiger partial charge in [-0.25, -0.2) is 0 Å². The number of nitrogens with two attached hydrogens (primary N) is 1. The molecule has 0 heterocycles. The second kappa shape index (κ2) is 20.3. The van der Waals surface area contributed by atoms with Gasteiger partial charge in [0.25, 0.3) is 0 Å². The van der Waals surface area contributed by atoms with Crippen molar-refractivity contribution in [1.82, 2.24) is 5.32 Å². The lowest BCUT2D eigenvalue weighted by Gasteiger charge is -2.03. The first kappa shape index (κ1) is 31.6. The summed E-state index contributed by atoms with van der Waals surface area (Å²) in [4.78, 5) is 11.6. The molecular formula is C27H47ClN2O. The number of halogens is 1. The Kier molecular flexibility index (Phi) is 20.7. The van der Waals surface area contributed by atoms with Gasteiger partial charge in [0.15, 0.2) is 0 Å². The quantitative estimate of drug-likeness (QED) is 0.202. The largest absolute Gasteiger partial charge is 0.351 e. The van der Waals surface area contributed by atoms with Crippen LogP contribution in [0.3, 0.4) is 0 Å². The lowest BCUT2D eigenvalue weighted by molar-refractivity contribution is -0.116. The maximum absolute atomic E-state index is 11.6. The van der Waals surface area contributed by atoms with E-state index in [1.807, 2.05) is 6.92 Å². The summed E-state index contributed by atoms with van der Waals surface area (Å²) in [6.07, 6.45) is 19.8. The van der Waals surface area contributed by atoms with E-state index in [0.717, 1.165) is 50.5 Å². The smallest absolute Gasteiger partial charge is 0.243 e. The van der Waals surface area contributed by atoms with Gasteiger partial charge in [-0.05, 0) is 92.9 Å². The Hall–Kier alpha value is -1.58. The van der Waals surface area contributed by atoms with Crippen LogP contribution in [0.5, 0.6) is 0 Å². The third-order valence-electron chi connectivity index (χ3n) is 5.01. The molecule has 0 aliphatic carbocycles. The van der Waals surface area contributed by atoms with Crippen molar-refractivity contribution in [3.8, 4) is 0 Å². The SMILES string of the molecule is CC(C)=CCCC(C)=CCCC(C)=CCCC(C)=CCCC(C)=CC(=O)NCCN.Cl. The molecule has 0 rings (SSSR count). The molecule has 0 aromatic heterocycles. The van der Waals surface area contributed by atoms with Crippen LogP contribution in [-0.4, -0.2) is 19.0 Å². The van der Waals surface area contributed by atoms with Gasteiger partial charge >= 0.3 is 0 Å². The Balaban J connectivity index is 0. The highest BCUT2D eigenvalue weighted by Crippen LogP contribution is 2.14. The molecule has 0 aromatic carbocycles. The third kappa shape index (κ3) is 21.4. The second-order valence-corrected chi connectivity index (χ2v) is 8.66. The summed E-state index contributed by atoms with van der Waals surface area (Å²) in [6.45, 7) is 14.0. The number of hydrogen-bond acceptors (Lipinski definition) is 2. The predicted octanol–water partition coefficient (Wildman–Crippen LogP) is 7.36. The van der Waals surface area contributed by atoms with Gasteiger partial charge in [0.1, 0.15) is 0 Å². The average Bonchev–Trinajstić information content (AvgIpc) is 2.66. The number of hydrogen-bond donors (Lipinski definition) is 2. The van der Waals surface area contributed by atoms with E-state index in [2.05, 4.69) is 64.2 Å². The summed E-state index contributed by atoms with van der Waals surface area (Å²) >= 11 is 0. The summed E-state index contributed by atoms with van der Waals surface area (Å²) in [5, 5.41) is 2.77. The van der Waals surface area contributed by atoms with Gasteiger partial charge < -0.3 is 11.1 Å². The highest BCUT2D eigenvalue weighted by atomic mass is 35.5. The first-order valence-corrected chi connectivity index (χ1v) is 11.5. The van der Waals surface area contributed by atoms with Crippen molar-refractivity contribution in [2.45, 2.75) is 92.9 Å². The van der Waals surface area contributed by atoms with Crippen molar-refractivity contribution >= 4 is 18.3 Å². The van der Waals surface area contributed by atoms with Crippen LogP contribution in [0.4, 0.5) is 0 Å². The van der Waals surface area contributed by atoms with Gasteiger partial charge in [0.2, 0.25) is 5.91 Å². The maximum Gasteiger partial charge on any atom is 0.243 e. The first-order chi connectivity index (χ1) is 14.2. The van der Waals surface area contributed by atoms with Crippen molar-refractivity contribution in [3.63, 3.8) is 0 Å². The molecule has 0 saturated carbocycles. The third-order valence-corrected chi connectivity index (χ3v) is 5.01. The Bertz CT molecular complexity index is 650. The van der Waals surface area contributed by atoms with Crippen LogP contribution >= 0.6 is 12.4 Å². The minimum Gasteiger partial charge on any atom is -0.351 e. The fraction of sp³-hybridized carbons (Fsp3) is 0.593. The zero-order valence-corrected chi connectivity index (χ0v) is 21.7. The molecule has 0 atom stereocenters. The minimum absolute atomic E-state index is 0. The van der Waals surface area contributed by atoms with Crippen molar-refractivity contribution in [2.75, 3.05) is 13.1 Å². The Morgan fingerprint density at radius 2 is 1.06 bits per heavy atom. The number of rotatable bonds is 15. The van der Waals surface area contributed by atoms with Crippen molar-refractivity contribution in [2.24, 2.45) is 5.73 Å². The molecule has 0 aromatic rings. The van der Waals surface area contributed by atoms with Crippen LogP contribution in [0.2, 0.25) is 0 Å². The highest BCUT2D eigenvalue weighted by Gasteiger charge is 1.97. The zero-order chi connectivity index (χ0) is 22.8. The van der Waals surface area contributed by atoms with Crippen LogP contribution in [0, 0.1) is 0 Å². The summed E-state index contributed by atoms with van der Waals surface area (Å²) in [5.74, 6) is -0.0443. The van der Waals surface area contributed by atoms with E-state index in [0.29, 0.717) is 13.1 Å². The van der Waals surface area contributed by atoms with Gasteiger partial charge in [-0.3, -0.25) is 4.79 Å². The van der Waals surface area contributed by atoms with Gasteiger partial charge in [-0.15, -0.1) is 12.4 Å². The molecule has 0 aliphatic rings. The van der Waals surface area contributed by atoms with Crippen molar-refractivity contribution in [1.29, 1.82) is 0 Å². The van der Waals surface area contributed by atoms with E-state index in [-0.39, 0.29) is 18.3 Å². The topological polar surface area (TPSA) is 55.1 Å². The van der Waals surface area contributed by atoms with E-state index in [4.69, 9.17) is 5.73 Å². The molecule has 0 saturated heterocycles. The molecule has 0 unspecified atom stereocenters. The molecule has 3 N–H and O–H groups in total. The Labute approximate surface area is 198 Å². The molecule has 178 valence electrons. The molecule has 0 fully saturated rings. The zero-order valence-electron chi connectivity index (χ0n) is 20.9. The molecular weight excluding hydrogens is 404 g/mol. The standard InChI is InChI=1S/C27H46N2O.ClH/c1-22(2)11-7-12-23(3)13-8-14-24(4)15-9-16-25(5)17-10-18-26(6)21-27(30)29-20-19-28;/h11,13,15,17,21H,7-10,12,14,16,18-20,28H2,1-6H3,(H,29,30);1H. The average molecular weight is 451 g/mol. The molecule has 0 bridgehead atoms.